The summed E-state index contributed by atoms with van der Waals surface area (Å²) < 4.78 is 3.96. The molecule has 1 fully saturated rings. The van der Waals surface area contributed by atoms with Crippen LogP contribution in [0, 0.1) is 11.3 Å². The van der Waals surface area contributed by atoms with Gasteiger partial charge >= 0.3 is 0 Å². The van der Waals surface area contributed by atoms with Crippen molar-refractivity contribution in [3.05, 3.63) is 10.7 Å². The average molecular weight is 265 g/mol. The molecule has 82 valence electrons. The van der Waals surface area contributed by atoms with Crippen molar-refractivity contribution in [1.82, 2.24) is 4.37 Å². The molecule has 1 aliphatic heterocycles. The van der Waals surface area contributed by atoms with Crippen LogP contribution in [0.4, 0.5) is 5.00 Å². The van der Waals surface area contributed by atoms with E-state index in [2.05, 4.69) is 15.3 Å². The summed E-state index contributed by atoms with van der Waals surface area (Å²) in [6.45, 7) is 1.67. The molecule has 1 unspecified atom stereocenters. The number of anilines is 1. The molecule has 1 aliphatic rings. The van der Waals surface area contributed by atoms with Gasteiger partial charge in [0.1, 0.15) is 16.6 Å². The van der Waals surface area contributed by atoms with Crippen LogP contribution in [0.15, 0.2) is 0 Å². The second-order valence-electron chi connectivity index (χ2n) is 3.26. The molecule has 0 bridgehead atoms. The Bertz CT molecular complexity index is 386. The van der Waals surface area contributed by atoms with Gasteiger partial charge in [-0.2, -0.15) is 9.64 Å². The van der Waals surface area contributed by atoms with Crippen LogP contribution >= 0.6 is 35.5 Å². The van der Waals surface area contributed by atoms with Gasteiger partial charge in [0.2, 0.25) is 0 Å². The van der Waals surface area contributed by atoms with E-state index >= 15 is 0 Å². The smallest absolute Gasteiger partial charge is 0.162 e. The lowest BCUT2D eigenvalue weighted by Crippen LogP contribution is -2.26. The molecule has 0 radical (unpaired) electrons. The molecule has 4 nitrogen and oxygen atoms in total. The lowest BCUT2D eigenvalue weighted by molar-refractivity contribution is 0.752. The van der Waals surface area contributed by atoms with Crippen molar-refractivity contribution in [2.24, 2.45) is 5.73 Å². The Morgan fingerprint density at radius 1 is 1.67 bits per heavy atom. The second-order valence-corrected chi connectivity index (χ2v) is 4.37. The van der Waals surface area contributed by atoms with Crippen LogP contribution in [0.1, 0.15) is 12.0 Å². The number of nitrogens with two attached hydrogens (primary N) is 1. The van der Waals surface area contributed by atoms with Crippen LogP contribution in [0.5, 0.6) is 0 Å². The number of hydrogen-bond acceptors (Lipinski definition) is 5. The van der Waals surface area contributed by atoms with Gasteiger partial charge in [-0.3, -0.25) is 0 Å². The van der Waals surface area contributed by atoms with E-state index in [4.69, 9.17) is 22.6 Å². The normalized spacial score (nSPS) is 19.8. The van der Waals surface area contributed by atoms with Crippen LogP contribution in [-0.2, 0) is 0 Å². The number of aromatic nitrogens is 1. The van der Waals surface area contributed by atoms with E-state index in [9.17, 15) is 0 Å². The predicted octanol–water partition coefficient (Wildman–Crippen LogP) is 1.63. The van der Waals surface area contributed by atoms with E-state index in [1.165, 1.54) is 11.5 Å². The van der Waals surface area contributed by atoms with Crippen LogP contribution < -0.4 is 10.6 Å². The fourth-order valence-electron chi connectivity index (χ4n) is 1.54. The van der Waals surface area contributed by atoms with Crippen molar-refractivity contribution < 1.29 is 0 Å². The maximum absolute atomic E-state index is 8.89. The standard InChI is InChI=1S/C8H9ClN4S.ClH/c9-7-6(3-10)8(14-12-7)13-2-1-5(11)4-13;/h5H,1-2,4,11H2;1H. The summed E-state index contributed by atoms with van der Waals surface area (Å²) in [4.78, 5) is 2.08. The van der Waals surface area contributed by atoms with Crippen LogP contribution in [0.25, 0.3) is 0 Å². The van der Waals surface area contributed by atoms with Gasteiger partial charge in [-0.15, -0.1) is 12.4 Å². The van der Waals surface area contributed by atoms with Gasteiger partial charge in [0.25, 0.3) is 0 Å². The predicted molar refractivity (Wildman–Crippen MR) is 63.9 cm³/mol. The molecule has 0 saturated carbocycles. The SMILES string of the molecule is Cl.N#Cc1c(Cl)nsc1N1CCC(N)C1. The third-order valence-corrected chi connectivity index (χ3v) is 3.54. The van der Waals surface area contributed by atoms with E-state index in [1.807, 2.05) is 0 Å². The van der Waals surface area contributed by atoms with Crippen molar-refractivity contribution in [3.63, 3.8) is 0 Å². The first kappa shape index (κ1) is 12.5. The highest BCUT2D eigenvalue weighted by Crippen LogP contribution is 2.32. The number of hydrogen-bond donors (Lipinski definition) is 1. The summed E-state index contributed by atoms with van der Waals surface area (Å²) in [7, 11) is 0. The van der Waals surface area contributed by atoms with Crippen molar-refractivity contribution >= 4 is 40.5 Å². The Hall–Kier alpha value is -0.540. The van der Waals surface area contributed by atoms with Crippen molar-refractivity contribution in [3.8, 4) is 6.07 Å². The summed E-state index contributed by atoms with van der Waals surface area (Å²) in [6.07, 6.45) is 0.959. The molecular weight excluding hydrogens is 255 g/mol. The summed E-state index contributed by atoms with van der Waals surface area (Å²) in [5.41, 5.74) is 6.27. The topological polar surface area (TPSA) is 65.9 Å². The molecule has 2 rings (SSSR count). The number of nitriles is 1. The molecule has 1 aromatic heterocycles. The zero-order valence-electron chi connectivity index (χ0n) is 7.81. The van der Waals surface area contributed by atoms with Crippen LogP contribution in [0.2, 0.25) is 5.15 Å². The zero-order chi connectivity index (χ0) is 10.1. The molecule has 15 heavy (non-hydrogen) atoms. The first-order chi connectivity index (χ1) is 6.72. The van der Waals surface area contributed by atoms with Crippen LogP contribution in [-0.4, -0.2) is 23.5 Å². The van der Waals surface area contributed by atoms with Crippen molar-refractivity contribution in [2.45, 2.75) is 12.5 Å². The van der Waals surface area contributed by atoms with Crippen LogP contribution in [0.3, 0.4) is 0 Å². The fraction of sp³-hybridized carbons (Fsp3) is 0.500. The minimum absolute atomic E-state index is 0. The molecule has 1 atom stereocenters. The maximum Gasteiger partial charge on any atom is 0.162 e. The molecule has 1 saturated heterocycles. The van der Waals surface area contributed by atoms with E-state index in [-0.39, 0.29) is 18.4 Å². The monoisotopic (exact) mass is 264 g/mol. The first-order valence-corrected chi connectivity index (χ1v) is 5.43. The maximum atomic E-state index is 8.89. The highest BCUT2D eigenvalue weighted by molar-refractivity contribution is 7.10. The van der Waals surface area contributed by atoms with Gasteiger partial charge < -0.3 is 10.6 Å². The Morgan fingerprint density at radius 3 is 2.93 bits per heavy atom. The summed E-state index contributed by atoms with van der Waals surface area (Å²) >= 11 is 7.04. The molecule has 2 heterocycles. The van der Waals surface area contributed by atoms with E-state index in [0.29, 0.717) is 10.7 Å². The molecular formula is C8H10Cl2N4S. The quantitative estimate of drug-likeness (QED) is 0.838. The summed E-state index contributed by atoms with van der Waals surface area (Å²) in [5.74, 6) is 0. The third kappa shape index (κ3) is 2.34. The van der Waals surface area contributed by atoms with Gasteiger partial charge in [-0.25, -0.2) is 0 Å². The molecule has 0 aliphatic carbocycles. The second kappa shape index (κ2) is 4.99. The highest BCUT2D eigenvalue weighted by atomic mass is 35.5. The van der Waals surface area contributed by atoms with Gasteiger partial charge in [-0.05, 0) is 18.0 Å². The Kier molecular flexibility index (Phi) is 4.17. The zero-order valence-corrected chi connectivity index (χ0v) is 10.2. The molecule has 1 aromatic rings. The van der Waals surface area contributed by atoms with Crippen molar-refractivity contribution in [1.29, 1.82) is 5.26 Å². The van der Waals surface area contributed by atoms with Gasteiger partial charge in [0, 0.05) is 19.1 Å². The lowest BCUT2D eigenvalue weighted by Gasteiger charge is -2.14. The Morgan fingerprint density at radius 2 is 2.40 bits per heavy atom. The number of rotatable bonds is 1. The highest BCUT2D eigenvalue weighted by Gasteiger charge is 2.24. The lowest BCUT2D eigenvalue weighted by atomic mass is 10.3. The summed E-state index contributed by atoms with van der Waals surface area (Å²) in [5, 5.41) is 10.0. The Labute approximate surface area is 103 Å². The number of nitrogens with zero attached hydrogens (tertiary/aromatic N) is 3. The van der Waals surface area contributed by atoms with E-state index < -0.39 is 0 Å². The van der Waals surface area contributed by atoms with Gasteiger partial charge in [0.05, 0.1) is 0 Å². The molecule has 0 spiro atoms. The molecule has 0 amide bonds. The largest absolute Gasteiger partial charge is 0.359 e. The molecule has 7 heteroatoms. The Balaban J connectivity index is 0.00000112. The minimum atomic E-state index is 0. The van der Waals surface area contributed by atoms with E-state index in [0.717, 1.165) is 24.5 Å². The summed E-state index contributed by atoms with van der Waals surface area (Å²) in [6, 6.07) is 2.27. The van der Waals surface area contributed by atoms with Gasteiger partial charge in [0.15, 0.2) is 5.15 Å². The van der Waals surface area contributed by atoms with E-state index in [1.54, 1.807) is 0 Å². The third-order valence-electron chi connectivity index (χ3n) is 2.26. The fourth-order valence-corrected chi connectivity index (χ4v) is 2.61. The first-order valence-electron chi connectivity index (χ1n) is 4.28. The number of halogens is 2. The van der Waals surface area contributed by atoms with Crippen molar-refractivity contribution in [2.75, 3.05) is 18.0 Å². The molecule has 2 N–H and O–H groups in total. The minimum Gasteiger partial charge on any atom is -0.359 e. The molecule has 0 aromatic carbocycles. The average Bonchev–Trinajstić information content (AvgIpc) is 2.71. The van der Waals surface area contributed by atoms with Gasteiger partial charge in [-0.1, -0.05) is 11.6 Å².